The fraction of sp³-hybridized carbons (Fsp3) is 0.583. The van der Waals surface area contributed by atoms with Gasteiger partial charge in [0.05, 0.1) is 24.6 Å². The van der Waals surface area contributed by atoms with Crippen LogP contribution in [0.4, 0.5) is 11.6 Å². The highest BCUT2D eigenvalue weighted by molar-refractivity contribution is 5.44. The number of aliphatic hydroxyl groups is 3. The molecule has 0 radical (unpaired) electrons. The van der Waals surface area contributed by atoms with Gasteiger partial charge in [0.25, 0.3) is 0 Å². The lowest BCUT2D eigenvalue weighted by molar-refractivity contribution is 0.252. The molecule has 0 saturated carbocycles. The summed E-state index contributed by atoms with van der Waals surface area (Å²) in [5.41, 5.74) is 16.1. The molecule has 3 unspecified atom stereocenters. The van der Waals surface area contributed by atoms with Gasteiger partial charge in [0.15, 0.2) is 0 Å². The first-order valence-corrected chi connectivity index (χ1v) is 11.1. The largest absolute Gasteiger partial charge is 0.396 e. The maximum absolute atomic E-state index is 9.66. The number of nitrogen functional groups attached to an aromatic ring is 2. The lowest BCUT2D eigenvalue weighted by Gasteiger charge is -2.27. The molecule has 2 heterocycles. The number of aryl methyl sites for hydroxylation is 2. The van der Waals surface area contributed by atoms with Crippen molar-refractivity contribution in [3.63, 3.8) is 0 Å². The summed E-state index contributed by atoms with van der Waals surface area (Å²) in [5, 5.41) is 28.1. The van der Waals surface area contributed by atoms with E-state index in [1.54, 1.807) is 0 Å². The summed E-state index contributed by atoms with van der Waals surface area (Å²) >= 11 is 0. The van der Waals surface area contributed by atoms with Crippen molar-refractivity contribution in [2.24, 2.45) is 17.8 Å². The zero-order chi connectivity index (χ0) is 23.0. The predicted molar refractivity (Wildman–Crippen MR) is 124 cm³/mol. The van der Waals surface area contributed by atoms with Crippen LogP contribution in [-0.4, -0.2) is 31.9 Å². The summed E-state index contributed by atoms with van der Waals surface area (Å²) in [6, 6.07) is 5.77. The van der Waals surface area contributed by atoms with Crippen molar-refractivity contribution in [2.45, 2.75) is 66.1 Å². The number of pyridine rings is 2. The number of hydrogen-bond acceptors (Lipinski definition) is 7. The molecule has 0 saturated heterocycles. The lowest BCUT2D eigenvalue weighted by Crippen LogP contribution is -2.19. The molecule has 0 bridgehead atoms. The third-order valence-electron chi connectivity index (χ3n) is 6.60. The summed E-state index contributed by atoms with van der Waals surface area (Å²) in [4.78, 5) is 8.57. The number of nitrogens with zero attached hydrogens (tertiary/aromatic N) is 2. The lowest BCUT2D eigenvalue weighted by atomic mass is 9.79. The molecule has 0 aliphatic rings. The molecule has 3 atom stereocenters. The Balaban J connectivity index is 1.94. The minimum absolute atomic E-state index is 0.0253. The second-order valence-corrected chi connectivity index (χ2v) is 8.67. The van der Waals surface area contributed by atoms with Crippen LogP contribution in [0.1, 0.15) is 61.7 Å². The molecule has 7 N–H and O–H groups in total. The zero-order valence-electron chi connectivity index (χ0n) is 19.0. The minimum atomic E-state index is -0.135. The number of nitrogens with two attached hydrogens (primary N) is 2. The number of hydrogen-bond donors (Lipinski definition) is 5. The summed E-state index contributed by atoms with van der Waals surface area (Å²) in [6.45, 7) is 6.62. The first-order chi connectivity index (χ1) is 14.8. The van der Waals surface area contributed by atoms with Crippen LogP contribution < -0.4 is 11.5 Å². The third kappa shape index (κ3) is 6.89. The zero-order valence-corrected chi connectivity index (χ0v) is 19.0. The molecule has 0 spiro atoms. The SMILES string of the molecule is CC(CCc1ccc(CO)nc1N)C(C)C(C)CCc1cc(CCO)c(N)nc1CO. The van der Waals surface area contributed by atoms with Gasteiger partial charge in [0.2, 0.25) is 0 Å². The fourth-order valence-electron chi connectivity index (χ4n) is 4.03. The normalized spacial score (nSPS) is 14.4. The number of rotatable bonds is 12. The van der Waals surface area contributed by atoms with E-state index < -0.39 is 0 Å². The Morgan fingerprint density at radius 1 is 0.774 bits per heavy atom. The minimum Gasteiger partial charge on any atom is -0.396 e. The smallest absolute Gasteiger partial charge is 0.127 e. The Hall–Kier alpha value is -2.22. The number of aromatic nitrogens is 2. The summed E-state index contributed by atoms with van der Waals surface area (Å²) in [6.07, 6.45) is 4.15. The van der Waals surface area contributed by atoms with Gasteiger partial charge in [-0.15, -0.1) is 0 Å². The van der Waals surface area contributed by atoms with Gasteiger partial charge >= 0.3 is 0 Å². The van der Waals surface area contributed by atoms with Crippen LogP contribution in [0.2, 0.25) is 0 Å². The van der Waals surface area contributed by atoms with E-state index in [9.17, 15) is 15.3 Å². The maximum atomic E-state index is 9.66. The molecule has 2 aromatic heterocycles. The van der Waals surface area contributed by atoms with Crippen molar-refractivity contribution in [1.29, 1.82) is 0 Å². The van der Waals surface area contributed by atoms with Crippen LogP contribution >= 0.6 is 0 Å². The molecular formula is C24H38N4O3. The van der Waals surface area contributed by atoms with Gasteiger partial charge in [-0.3, -0.25) is 0 Å². The molecule has 0 aliphatic carbocycles. The van der Waals surface area contributed by atoms with Crippen LogP contribution in [0.3, 0.4) is 0 Å². The second kappa shape index (κ2) is 12.0. The Kier molecular flexibility index (Phi) is 9.68. The van der Waals surface area contributed by atoms with E-state index in [1.807, 2.05) is 18.2 Å². The molecule has 0 aliphatic heterocycles. The van der Waals surface area contributed by atoms with Crippen molar-refractivity contribution >= 4 is 11.6 Å². The average Bonchev–Trinajstić information content (AvgIpc) is 2.77. The van der Waals surface area contributed by atoms with Gasteiger partial charge < -0.3 is 26.8 Å². The van der Waals surface area contributed by atoms with Crippen LogP contribution in [0.15, 0.2) is 18.2 Å². The van der Waals surface area contributed by atoms with Crippen molar-refractivity contribution in [2.75, 3.05) is 18.1 Å². The highest BCUT2D eigenvalue weighted by Crippen LogP contribution is 2.29. The molecule has 0 aromatic carbocycles. The molecule has 0 amide bonds. The molecule has 0 fully saturated rings. The topological polar surface area (TPSA) is 139 Å². The fourth-order valence-corrected chi connectivity index (χ4v) is 4.03. The van der Waals surface area contributed by atoms with Gasteiger partial charge in [-0.25, -0.2) is 9.97 Å². The van der Waals surface area contributed by atoms with Crippen LogP contribution in [0, 0.1) is 17.8 Å². The van der Waals surface area contributed by atoms with Gasteiger partial charge in [0.1, 0.15) is 11.6 Å². The Morgan fingerprint density at radius 3 is 1.94 bits per heavy atom. The van der Waals surface area contributed by atoms with Crippen LogP contribution in [0.25, 0.3) is 0 Å². The van der Waals surface area contributed by atoms with Crippen molar-refractivity contribution in [3.05, 3.63) is 46.3 Å². The quantitative estimate of drug-likeness (QED) is 0.349. The summed E-state index contributed by atoms with van der Waals surface area (Å²) in [7, 11) is 0. The van der Waals surface area contributed by atoms with E-state index in [0.29, 0.717) is 47.2 Å². The Bertz CT molecular complexity index is 844. The van der Waals surface area contributed by atoms with E-state index in [0.717, 1.165) is 42.4 Å². The highest BCUT2D eigenvalue weighted by Gasteiger charge is 2.20. The molecule has 2 aromatic rings. The molecular weight excluding hydrogens is 392 g/mol. The van der Waals surface area contributed by atoms with Crippen molar-refractivity contribution in [1.82, 2.24) is 9.97 Å². The Labute approximate surface area is 185 Å². The molecule has 31 heavy (non-hydrogen) atoms. The van der Waals surface area contributed by atoms with Crippen molar-refractivity contribution in [3.8, 4) is 0 Å². The van der Waals surface area contributed by atoms with E-state index in [4.69, 9.17) is 11.5 Å². The second-order valence-electron chi connectivity index (χ2n) is 8.67. The van der Waals surface area contributed by atoms with E-state index in [-0.39, 0.29) is 19.8 Å². The van der Waals surface area contributed by atoms with E-state index in [1.165, 1.54) is 0 Å². The van der Waals surface area contributed by atoms with Crippen LogP contribution in [0.5, 0.6) is 0 Å². The highest BCUT2D eigenvalue weighted by atomic mass is 16.3. The summed E-state index contributed by atoms with van der Waals surface area (Å²) in [5.74, 6) is 2.41. The van der Waals surface area contributed by atoms with E-state index in [2.05, 4.69) is 30.7 Å². The monoisotopic (exact) mass is 430 g/mol. The van der Waals surface area contributed by atoms with Gasteiger partial charge in [-0.2, -0.15) is 0 Å². The molecule has 7 heteroatoms. The van der Waals surface area contributed by atoms with Crippen LogP contribution in [-0.2, 0) is 32.5 Å². The molecule has 2 rings (SSSR count). The average molecular weight is 431 g/mol. The molecule has 7 nitrogen and oxygen atoms in total. The van der Waals surface area contributed by atoms with Gasteiger partial charge in [0, 0.05) is 6.61 Å². The number of anilines is 2. The third-order valence-corrected chi connectivity index (χ3v) is 6.60. The number of aliphatic hydroxyl groups excluding tert-OH is 3. The Morgan fingerprint density at radius 2 is 1.39 bits per heavy atom. The van der Waals surface area contributed by atoms with Crippen molar-refractivity contribution < 1.29 is 15.3 Å². The first-order valence-electron chi connectivity index (χ1n) is 11.1. The predicted octanol–water partition coefficient (Wildman–Crippen LogP) is 2.63. The van der Waals surface area contributed by atoms with Gasteiger partial charge in [-0.1, -0.05) is 32.9 Å². The molecule has 172 valence electrons. The van der Waals surface area contributed by atoms with Gasteiger partial charge in [-0.05, 0) is 72.6 Å². The van der Waals surface area contributed by atoms with E-state index >= 15 is 0 Å². The standard InChI is InChI=1S/C24H38N4O3/c1-15(4-6-18-8-9-21(13-30)27-23(18)25)17(3)16(2)5-7-19-12-20(10-11-29)24(26)28-22(19)14-31/h8-9,12,15-17,29-31H,4-7,10-11,13-14H2,1-3H3,(H2,25,27)(H2,26,28). The maximum Gasteiger partial charge on any atom is 0.127 e. The summed E-state index contributed by atoms with van der Waals surface area (Å²) < 4.78 is 0. The first kappa shape index (κ1) is 25.0.